The van der Waals surface area contributed by atoms with Gasteiger partial charge in [-0.05, 0) is 62.1 Å². The molecule has 0 bridgehead atoms. The number of benzene rings is 2. The van der Waals surface area contributed by atoms with Gasteiger partial charge in [0.15, 0.2) is 5.82 Å². The Hall–Kier alpha value is -2.07. The van der Waals surface area contributed by atoms with Crippen molar-refractivity contribution in [3.05, 3.63) is 58.9 Å². The van der Waals surface area contributed by atoms with Crippen LogP contribution < -0.4 is 10.1 Å². The molecule has 23 heavy (non-hydrogen) atoms. The zero-order valence-corrected chi connectivity index (χ0v) is 13.3. The maximum absolute atomic E-state index is 13.8. The molecule has 2 aromatic rings. The van der Waals surface area contributed by atoms with Gasteiger partial charge in [-0.15, -0.1) is 0 Å². The van der Waals surface area contributed by atoms with E-state index in [1.54, 1.807) is 30.3 Å². The number of hydrogen-bond donors (Lipinski definition) is 1. The standard InChI is InChI=1S/C18H17ClFNO2/c19-15-6-3-7-16(17(15)20)21-18(22)12-8-10-14(11-9-12)23-13-4-1-2-5-13/h3,6-11,13H,1-2,4-5H2,(H,21,22). The van der Waals surface area contributed by atoms with E-state index in [1.807, 2.05) is 0 Å². The predicted octanol–water partition coefficient (Wildman–Crippen LogP) is 5.05. The second kappa shape index (κ2) is 7.01. The number of hydrogen-bond acceptors (Lipinski definition) is 2. The van der Waals surface area contributed by atoms with Crippen molar-refractivity contribution in [3.63, 3.8) is 0 Å². The molecule has 3 nitrogen and oxygen atoms in total. The molecule has 1 N–H and O–H groups in total. The van der Waals surface area contributed by atoms with Gasteiger partial charge in [0.05, 0.1) is 16.8 Å². The van der Waals surface area contributed by atoms with Gasteiger partial charge in [0, 0.05) is 5.56 Å². The maximum Gasteiger partial charge on any atom is 0.255 e. The van der Waals surface area contributed by atoms with Crippen molar-refractivity contribution in [1.29, 1.82) is 0 Å². The van der Waals surface area contributed by atoms with E-state index < -0.39 is 11.7 Å². The molecular formula is C18H17ClFNO2. The Morgan fingerprint density at radius 3 is 2.52 bits per heavy atom. The Kier molecular flexibility index (Phi) is 4.82. The van der Waals surface area contributed by atoms with Gasteiger partial charge in [-0.3, -0.25) is 4.79 Å². The van der Waals surface area contributed by atoms with E-state index in [1.165, 1.54) is 25.0 Å². The first-order valence-electron chi connectivity index (χ1n) is 7.65. The highest BCUT2D eigenvalue weighted by atomic mass is 35.5. The van der Waals surface area contributed by atoms with E-state index in [9.17, 15) is 9.18 Å². The minimum Gasteiger partial charge on any atom is -0.490 e. The molecule has 1 fully saturated rings. The van der Waals surface area contributed by atoms with E-state index >= 15 is 0 Å². The van der Waals surface area contributed by atoms with Gasteiger partial charge >= 0.3 is 0 Å². The Morgan fingerprint density at radius 1 is 1.13 bits per heavy atom. The van der Waals surface area contributed by atoms with E-state index in [-0.39, 0.29) is 16.8 Å². The summed E-state index contributed by atoms with van der Waals surface area (Å²) in [5.74, 6) is -0.273. The first-order chi connectivity index (χ1) is 11.1. The van der Waals surface area contributed by atoms with Crippen LogP contribution >= 0.6 is 11.6 Å². The third-order valence-corrected chi connectivity index (χ3v) is 4.21. The van der Waals surface area contributed by atoms with Crippen LogP contribution in [0.5, 0.6) is 5.75 Å². The molecule has 1 saturated carbocycles. The maximum atomic E-state index is 13.8. The first kappa shape index (κ1) is 15.8. The van der Waals surface area contributed by atoms with Crippen LogP contribution in [0.3, 0.4) is 0 Å². The molecular weight excluding hydrogens is 317 g/mol. The van der Waals surface area contributed by atoms with Crippen LogP contribution in [0.25, 0.3) is 0 Å². The molecule has 0 unspecified atom stereocenters. The predicted molar refractivity (Wildman–Crippen MR) is 88.7 cm³/mol. The second-order valence-corrected chi connectivity index (χ2v) is 6.01. The van der Waals surface area contributed by atoms with Gasteiger partial charge in [0.2, 0.25) is 0 Å². The lowest BCUT2D eigenvalue weighted by Gasteiger charge is -2.13. The molecule has 5 heteroatoms. The van der Waals surface area contributed by atoms with Crippen LogP contribution in [-0.2, 0) is 0 Å². The Morgan fingerprint density at radius 2 is 1.83 bits per heavy atom. The Labute approximate surface area is 139 Å². The third-order valence-electron chi connectivity index (χ3n) is 3.92. The molecule has 2 aromatic carbocycles. The van der Waals surface area contributed by atoms with Gasteiger partial charge in [-0.25, -0.2) is 4.39 Å². The van der Waals surface area contributed by atoms with Crippen LogP contribution in [0.15, 0.2) is 42.5 Å². The summed E-state index contributed by atoms with van der Waals surface area (Å²) >= 11 is 5.70. The minimum absolute atomic E-state index is 0.0249. The van der Waals surface area contributed by atoms with E-state index in [0.717, 1.165) is 18.6 Å². The van der Waals surface area contributed by atoms with Crippen LogP contribution in [0.1, 0.15) is 36.0 Å². The van der Waals surface area contributed by atoms with Gasteiger partial charge in [0.1, 0.15) is 5.75 Å². The summed E-state index contributed by atoms with van der Waals surface area (Å²) in [6.07, 6.45) is 4.84. The largest absolute Gasteiger partial charge is 0.490 e. The van der Waals surface area contributed by atoms with Crippen molar-refractivity contribution in [2.75, 3.05) is 5.32 Å². The number of halogens is 2. The quantitative estimate of drug-likeness (QED) is 0.850. The minimum atomic E-state index is -0.635. The molecule has 3 rings (SSSR count). The average molecular weight is 334 g/mol. The monoisotopic (exact) mass is 333 g/mol. The smallest absolute Gasteiger partial charge is 0.255 e. The molecule has 1 amide bonds. The highest BCUT2D eigenvalue weighted by Gasteiger charge is 2.17. The number of carbonyl (C=O) groups is 1. The molecule has 120 valence electrons. The zero-order chi connectivity index (χ0) is 16.2. The number of rotatable bonds is 4. The number of anilines is 1. The molecule has 0 aliphatic heterocycles. The summed E-state index contributed by atoms with van der Waals surface area (Å²) < 4.78 is 19.7. The summed E-state index contributed by atoms with van der Waals surface area (Å²) in [6.45, 7) is 0. The normalized spacial score (nSPS) is 14.7. The molecule has 0 saturated heterocycles. The van der Waals surface area contributed by atoms with Crippen LogP contribution in [-0.4, -0.2) is 12.0 Å². The fraction of sp³-hybridized carbons (Fsp3) is 0.278. The third kappa shape index (κ3) is 3.82. The molecule has 1 aliphatic carbocycles. The molecule has 0 aromatic heterocycles. The van der Waals surface area contributed by atoms with E-state index in [4.69, 9.17) is 16.3 Å². The van der Waals surface area contributed by atoms with Gasteiger partial charge < -0.3 is 10.1 Å². The summed E-state index contributed by atoms with van der Waals surface area (Å²) in [5.41, 5.74) is 0.497. The fourth-order valence-electron chi connectivity index (χ4n) is 2.68. The van der Waals surface area contributed by atoms with Crippen molar-refractivity contribution in [2.45, 2.75) is 31.8 Å². The van der Waals surface area contributed by atoms with Crippen LogP contribution in [0.2, 0.25) is 5.02 Å². The Bertz CT molecular complexity index is 697. The van der Waals surface area contributed by atoms with Gasteiger partial charge in [-0.2, -0.15) is 0 Å². The molecule has 0 spiro atoms. The van der Waals surface area contributed by atoms with Crippen LogP contribution in [0, 0.1) is 5.82 Å². The summed E-state index contributed by atoms with van der Waals surface area (Å²) in [5, 5.41) is 2.50. The number of nitrogens with one attached hydrogen (secondary N) is 1. The van der Waals surface area contributed by atoms with Crippen molar-refractivity contribution in [3.8, 4) is 5.75 Å². The average Bonchev–Trinajstić information content (AvgIpc) is 3.05. The second-order valence-electron chi connectivity index (χ2n) is 5.60. The van der Waals surface area contributed by atoms with Gasteiger partial charge in [0.25, 0.3) is 5.91 Å². The summed E-state index contributed by atoms with van der Waals surface area (Å²) in [7, 11) is 0. The SMILES string of the molecule is O=C(Nc1cccc(Cl)c1F)c1ccc(OC2CCCC2)cc1. The van der Waals surface area contributed by atoms with Gasteiger partial charge in [-0.1, -0.05) is 17.7 Å². The summed E-state index contributed by atoms with van der Waals surface area (Å²) in [4.78, 5) is 12.2. The lowest BCUT2D eigenvalue weighted by molar-refractivity contribution is 0.102. The molecule has 0 atom stereocenters. The van der Waals surface area contributed by atoms with E-state index in [0.29, 0.717) is 5.56 Å². The van der Waals surface area contributed by atoms with Crippen molar-refractivity contribution >= 4 is 23.2 Å². The van der Waals surface area contributed by atoms with Crippen LogP contribution in [0.4, 0.5) is 10.1 Å². The Balaban J connectivity index is 1.66. The summed E-state index contributed by atoms with van der Waals surface area (Å²) in [6, 6.07) is 11.4. The van der Waals surface area contributed by atoms with E-state index in [2.05, 4.69) is 5.32 Å². The molecule has 0 heterocycles. The zero-order valence-electron chi connectivity index (χ0n) is 12.5. The number of amides is 1. The van der Waals surface area contributed by atoms with Crippen molar-refractivity contribution in [2.24, 2.45) is 0 Å². The highest BCUT2D eigenvalue weighted by Crippen LogP contribution is 2.25. The number of carbonyl (C=O) groups excluding carboxylic acids is 1. The topological polar surface area (TPSA) is 38.3 Å². The highest BCUT2D eigenvalue weighted by molar-refractivity contribution is 6.31. The lowest BCUT2D eigenvalue weighted by atomic mass is 10.2. The molecule has 1 aliphatic rings. The molecule has 0 radical (unpaired) electrons. The number of ether oxygens (including phenoxy) is 1. The van der Waals surface area contributed by atoms with Crippen molar-refractivity contribution < 1.29 is 13.9 Å². The fourth-order valence-corrected chi connectivity index (χ4v) is 2.85. The first-order valence-corrected chi connectivity index (χ1v) is 8.03. The van der Waals surface area contributed by atoms with Crippen molar-refractivity contribution in [1.82, 2.24) is 0 Å². The lowest BCUT2D eigenvalue weighted by Crippen LogP contribution is -2.14.